The zero-order chi connectivity index (χ0) is 13.8. The van der Waals surface area contributed by atoms with Crippen molar-refractivity contribution >= 4 is 5.97 Å². The summed E-state index contributed by atoms with van der Waals surface area (Å²) in [5.41, 5.74) is 0. The lowest BCUT2D eigenvalue weighted by atomic mass is 10.1. The minimum Gasteiger partial charge on any atom is -0.465 e. The second kappa shape index (κ2) is 6.68. The third-order valence-corrected chi connectivity index (χ3v) is 3.96. The van der Waals surface area contributed by atoms with Crippen LogP contribution in [0.5, 0.6) is 0 Å². The Morgan fingerprint density at radius 3 is 2.74 bits per heavy atom. The fourth-order valence-corrected chi connectivity index (χ4v) is 2.70. The molecule has 110 valence electrons. The number of likely N-dealkylation sites (N-methyl/N-ethyl adjacent to an activating group) is 1. The van der Waals surface area contributed by atoms with Crippen LogP contribution in [0.25, 0.3) is 0 Å². The van der Waals surface area contributed by atoms with E-state index in [9.17, 15) is 4.79 Å². The van der Waals surface area contributed by atoms with E-state index < -0.39 is 0 Å². The average molecular weight is 270 g/mol. The molecule has 0 radical (unpaired) electrons. The Bertz CT molecular complexity index is 307. The lowest BCUT2D eigenvalue weighted by Crippen LogP contribution is -2.50. The van der Waals surface area contributed by atoms with Gasteiger partial charge >= 0.3 is 5.97 Å². The standard InChI is InChI=1S/C14H26N2O3/c1-4-18-14(17)12(15-11-5-6-11)9-16(3)13-7-8-19-10(13)2/h10-13,15H,4-9H2,1-3H3. The molecule has 3 atom stereocenters. The van der Waals surface area contributed by atoms with E-state index >= 15 is 0 Å². The van der Waals surface area contributed by atoms with Crippen LogP contribution in [0.2, 0.25) is 0 Å². The number of esters is 1. The number of rotatable bonds is 7. The number of ether oxygens (including phenoxy) is 2. The first-order valence-electron chi connectivity index (χ1n) is 7.36. The van der Waals surface area contributed by atoms with E-state index in [0.717, 1.165) is 13.0 Å². The Morgan fingerprint density at radius 1 is 1.47 bits per heavy atom. The summed E-state index contributed by atoms with van der Waals surface area (Å²) < 4.78 is 10.8. The summed E-state index contributed by atoms with van der Waals surface area (Å²) in [6.07, 6.45) is 3.62. The summed E-state index contributed by atoms with van der Waals surface area (Å²) in [4.78, 5) is 14.2. The van der Waals surface area contributed by atoms with Crippen LogP contribution in [0.15, 0.2) is 0 Å². The zero-order valence-electron chi connectivity index (χ0n) is 12.2. The van der Waals surface area contributed by atoms with E-state index in [-0.39, 0.29) is 18.1 Å². The van der Waals surface area contributed by atoms with Gasteiger partial charge in [-0.2, -0.15) is 0 Å². The number of hydrogen-bond donors (Lipinski definition) is 1. The number of carbonyl (C=O) groups is 1. The van der Waals surface area contributed by atoms with Gasteiger partial charge < -0.3 is 14.8 Å². The first-order chi connectivity index (χ1) is 9.11. The van der Waals surface area contributed by atoms with Crippen molar-refractivity contribution in [3.63, 3.8) is 0 Å². The van der Waals surface area contributed by atoms with Crippen molar-refractivity contribution in [2.75, 3.05) is 26.8 Å². The zero-order valence-corrected chi connectivity index (χ0v) is 12.2. The lowest BCUT2D eigenvalue weighted by molar-refractivity contribution is -0.146. The van der Waals surface area contributed by atoms with E-state index in [1.165, 1.54) is 12.8 Å². The number of nitrogens with one attached hydrogen (secondary N) is 1. The van der Waals surface area contributed by atoms with Gasteiger partial charge in [0.1, 0.15) is 6.04 Å². The van der Waals surface area contributed by atoms with Gasteiger partial charge in [0.25, 0.3) is 0 Å². The molecular formula is C14H26N2O3. The van der Waals surface area contributed by atoms with Crippen LogP contribution in [0.4, 0.5) is 0 Å². The van der Waals surface area contributed by atoms with Crippen molar-refractivity contribution in [2.24, 2.45) is 0 Å². The van der Waals surface area contributed by atoms with Gasteiger partial charge in [-0.1, -0.05) is 0 Å². The minimum atomic E-state index is -0.217. The highest BCUT2D eigenvalue weighted by molar-refractivity contribution is 5.76. The molecule has 3 unspecified atom stereocenters. The first-order valence-corrected chi connectivity index (χ1v) is 7.36. The van der Waals surface area contributed by atoms with E-state index in [1.807, 2.05) is 6.92 Å². The predicted octanol–water partition coefficient (Wildman–Crippen LogP) is 0.779. The van der Waals surface area contributed by atoms with Crippen molar-refractivity contribution in [2.45, 2.75) is 57.3 Å². The maximum atomic E-state index is 12.0. The van der Waals surface area contributed by atoms with Crippen molar-refractivity contribution in [3.8, 4) is 0 Å². The first kappa shape index (κ1) is 14.8. The SMILES string of the molecule is CCOC(=O)C(CN(C)C1CCOC1C)NC1CC1. The number of hydrogen-bond acceptors (Lipinski definition) is 5. The molecule has 0 bridgehead atoms. The summed E-state index contributed by atoms with van der Waals surface area (Å²) in [7, 11) is 2.07. The van der Waals surface area contributed by atoms with Crippen LogP contribution in [0.1, 0.15) is 33.1 Å². The van der Waals surface area contributed by atoms with Gasteiger partial charge in [0.05, 0.1) is 12.7 Å². The summed E-state index contributed by atoms with van der Waals surface area (Å²) in [6.45, 7) is 5.89. The van der Waals surface area contributed by atoms with Gasteiger partial charge in [-0.05, 0) is 40.2 Å². The lowest BCUT2D eigenvalue weighted by Gasteiger charge is -2.30. The molecule has 0 amide bonds. The molecule has 1 saturated carbocycles. The van der Waals surface area contributed by atoms with Crippen LogP contribution in [-0.2, 0) is 14.3 Å². The second-order valence-corrected chi connectivity index (χ2v) is 5.62. The Morgan fingerprint density at radius 2 is 2.21 bits per heavy atom. The highest BCUT2D eigenvalue weighted by Gasteiger charge is 2.34. The van der Waals surface area contributed by atoms with Gasteiger partial charge in [0, 0.05) is 25.2 Å². The molecule has 0 aromatic carbocycles. The molecular weight excluding hydrogens is 244 g/mol. The molecule has 19 heavy (non-hydrogen) atoms. The van der Waals surface area contributed by atoms with E-state index in [0.29, 0.717) is 25.2 Å². The molecule has 1 saturated heterocycles. The third kappa shape index (κ3) is 4.16. The van der Waals surface area contributed by atoms with Gasteiger partial charge in [-0.25, -0.2) is 0 Å². The third-order valence-electron chi connectivity index (χ3n) is 3.96. The highest BCUT2D eigenvalue weighted by Crippen LogP contribution is 2.21. The Balaban J connectivity index is 1.88. The van der Waals surface area contributed by atoms with Crippen molar-refractivity contribution < 1.29 is 14.3 Å². The molecule has 2 fully saturated rings. The number of carbonyl (C=O) groups excluding carboxylic acids is 1. The van der Waals surface area contributed by atoms with Gasteiger partial charge in [-0.3, -0.25) is 9.69 Å². The van der Waals surface area contributed by atoms with Crippen LogP contribution < -0.4 is 5.32 Å². The van der Waals surface area contributed by atoms with Crippen molar-refractivity contribution in [3.05, 3.63) is 0 Å². The molecule has 1 N–H and O–H groups in total. The van der Waals surface area contributed by atoms with E-state index in [4.69, 9.17) is 9.47 Å². The smallest absolute Gasteiger partial charge is 0.324 e. The quantitative estimate of drug-likeness (QED) is 0.693. The largest absolute Gasteiger partial charge is 0.465 e. The maximum absolute atomic E-state index is 12.0. The van der Waals surface area contributed by atoms with Crippen LogP contribution >= 0.6 is 0 Å². The molecule has 2 aliphatic rings. The molecule has 2 rings (SSSR count). The normalized spacial score (nSPS) is 28.6. The van der Waals surface area contributed by atoms with Crippen LogP contribution in [0, 0.1) is 0 Å². The van der Waals surface area contributed by atoms with E-state index in [2.05, 4.69) is 24.2 Å². The fourth-order valence-electron chi connectivity index (χ4n) is 2.70. The molecule has 0 aromatic heterocycles. The van der Waals surface area contributed by atoms with Crippen LogP contribution in [0.3, 0.4) is 0 Å². The summed E-state index contributed by atoms with van der Waals surface area (Å²) in [5.74, 6) is -0.132. The summed E-state index contributed by atoms with van der Waals surface area (Å²) in [5, 5.41) is 3.39. The van der Waals surface area contributed by atoms with Crippen molar-refractivity contribution in [1.82, 2.24) is 10.2 Å². The Hall–Kier alpha value is -0.650. The topological polar surface area (TPSA) is 50.8 Å². The second-order valence-electron chi connectivity index (χ2n) is 5.62. The molecule has 1 aliphatic heterocycles. The van der Waals surface area contributed by atoms with Crippen molar-refractivity contribution in [1.29, 1.82) is 0 Å². The highest BCUT2D eigenvalue weighted by atomic mass is 16.5. The minimum absolute atomic E-state index is 0.132. The molecule has 1 heterocycles. The molecule has 0 spiro atoms. The maximum Gasteiger partial charge on any atom is 0.324 e. The van der Waals surface area contributed by atoms with Gasteiger partial charge in [-0.15, -0.1) is 0 Å². The summed E-state index contributed by atoms with van der Waals surface area (Å²) in [6, 6.07) is 0.684. The van der Waals surface area contributed by atoms with Crippen LogP contribution in [-0.4, -0.2) is 61.9 Å². The predicted molar refractivity (Wildman–Crippen MR) is 73.0 cm³/mol. The Kier molecular flexibility index (Phi) is 5.19. The molecule has 0 aromatic rings. The van der Waals surface area contributed by atoms with Gasteiger partial charge in [0.2, 0.25) is 0 Å². The van der Waals surface area contributed by atoms with Gasteiger partial charge in [0.15, 0.2) is 0 Å². The Labute approximate surface area is 115 Å². The number of nitrogens with zero attached hydrogens (tertiary/aromatic N) is 1. The molecule has 1 aliphatic carbocycles. The summed E-state index contributed by atoms with van der Waals surface area (Å²) >= 11 is 0. The monoisotopic (exact) mass is 270 g/mol. The molecule has 5 heteroatoms. The molecule has 5 nitrogen and oxygen atoms in total. The fraction of sp³-hybridized carbons (Fsp3) is 0.929. The van der Waals surface area contributed by atoms with E-state index in [1.54, 1.807) is 0 Å². The average Bonchev–Trinajstić information content (AvgIpc) is 3.08.